The summed E-state index contributed by atoms with van der Waals surface area (Å²) in [4.78, 5) is 13.9. The molecule has 0 unspecified atom stereocenters. The number of aromatic nitrogens is 3. The number of rotatable bonds is 6. The molecule has 3 aromatic carbocycles. The second-order valence-corrected chi connectivity index (χ2v) is 8.59. The molecule has 0 saturated carbocycles. The number of hydrogen-bond donors (Lipinski definition) is 2. The Balaban J connectivity index is 1.37. The third-order valence-electron chi connectivity index (χ3n) is 5.15. The van der Waals surface area contributed by atoms with Gasteiger partial charge in [0.25, 0.3) is 0 Å². The van der Waals surface area contributed by atoms with E-state index in [9.17, 15) is 0 Å². The summed E-state index contributed by atoms with van der Waals surface area (Å²) >= 11 is 1.67. The number of fused-ring (bicyclic) bond motifs is 1. The monoisotopic (exact) mass is 437 g/mol. The Morgan fingerprint density at radius 1 is 0.781 bits per heavy atom. The van der Waals surface area contributed by atoms with E-state index in [-0.39, 0.29) is 0 Å². The van der Waals surface area contributed by atoms with E-state index in [1.165, 1.54) is 10.3 Å². The lowest BCUT2D eigenvalue weighted by Crippen LogP contribution is -1.99. The topological polar surface area (TPSA) is 62.7 Å². The summed E-state index contributed by atoms with van der Waals surface area (Å²) in [6, 6.07) is 26.7. The van der Waals surface area contributed by atoms with Crippen LogP contribution in [0.2, 0.25) is 0 Å². The molecule has 2 heterocycles. The number of benzene rings is 3. The largest absolute Gasteiger partial charge is 0.340 e. The van der Waals surface area contributed by atoms with Gasteiger partial charge in [-0.1, -0.05) is 60.7 Å². The Morgan fingerprint density at radius 2 is 1.59 bits per heavy atom. The van der Waals surface area contributed by atoms with Crippen LogP contribution in [0.25, 0.3) is 21.5 Å². The Labute approximate surface area is 191 Å². The Morgan fingerprint density at radius 3 is 2.41 bits per heavy atom. The SMILES string of the molecule is CCc1ccc2nc(Nc3cccc(Nc4cc(-c5ccccc5)nc(C)n4)c3)sc2c1. The quantitative estimate of drug-likeness (QED) is 0.296. The summed E-state index contributed by atoms with van der Waals surface area (Å²) in [5, 5.41) is 7.74. The maximum Gasteiger partial charge on any atom is 0.188 e. The lowest BCUT2D eigenvalue weighted by Gasteiger charge is -2.10. The second-order valence-electron chi connectivity index (χ2n) is 7.56. The van der Waals surface area contributed by atoms with E-state index in [4.69, 9.17) is 4.98 Å². The number of thiazole rings is 1. The van der Waals surface area contributed by atoms with Crippen molar-refractivity contribution in [2.45, 2.75) is 20.3 Å². The zero-order chi connectivity index (χ0) is 21.9. The van der Waals surface area contributed by atoms with Gasteiger partial charge in [0.1, 0.15) is 11.6 Å². The Hall–Kier alpha value is -3.77. The first-order valence-corrected chi connectivity index (χ1v) is 11.4. The van der Waals surface area contributed by atoms with Crippen molar-refractivity contribution in [1.82, 2.24) is 15.0 Å². The first kappa shape index (κ1) is 20.2. The van der Waals surface area contributed by atoms with Crippen molar-refractivity contribution in [3.63, 3.8) is 0 Å². The molecule has 0 bridgehead atoms. The van der Waals surface area contributed by atoms with Gasteiger partial charge >= 0.3 is 0 Å². The fourth-order valence-corrected chi connectivity index (χ4v) is 4.53. The van der Waals surface area contributed by atoms with E-state index in [2.05, 4.69) is 63.9 Å². The number of hydrogen-bond acceptors (Lipinski definition) is 6. The van der Waals surface area contributed by atoms with Crippen LogP contribution in [0.1, 0.15) is 18.3 Å². The van der Waals surface area contributed by atoms with Crippen LogP contribution in [0.3, 0.4) is 0 Å². The average Bonchev–Trinajstić information content (AvgIpc) is 3.20. The summed E-state index contributed by atoms with van der Waals surface area (Å²) in [5.74, 6) is 1.49. The van der Waals surface area contributed by atoms with Crippen molar-refractivity contribution < 1.29 is 0 Å². The van der Waals surface area contributed by atoms with Gasteiger partial charge in [-0.2, -0.15) is 0 Å². The molecule has 158 valence electrons. The number of nitrogens with zero attached hydrogens (tertiary/aromatic N) is 3. The van der Waals surface area contributed by atoms with Crippen LogP contribution in [0.4, 0.5) is 22.3 Å². The molecule has 6 heteroatoms. The van der Waals surface area contributed by atoms with Crippen molar-refractivity contribution in [1.29, 1.82) is 0 Å². The maximum atomic E-state index is 4.72. The van der Waals surface area contributed by atoms with Crippen LogP contribution in [-0.2, 0) is 6.42 Å². The molecule has 32 heavy (non-hydrogen) atoms. The highest BCUT2D eigenvalue weighted by atomic mass is 32.1. The van der Waals surface area contributed by atoms with Crippen molar-refractivity contribution >= 4 is 43.9 Å². The van der Waals surface area contributed by atoms with Gasteiger partial charge < -0.3 is 10.6 Å². The summed E-state index contributed by atoms with van der Waals surface area (Å²) in [6.07, 6.45) is 1.03. The smallest absolute Gasteiger partial charge is 0.188 e. The molecular formula is C26H23N5S. The first-order chi connectivity index (χ1) is 15.7. The number of nitrogens with one attached hydrogen (secondary N) is 2. The minimum absolute atomic E-state index is 0.726. The van der Waals surface area contributed by atoms with E-state index in [0.29, 0.717) is 0 Å². The molecule has 5 nitrogen and oxygen atoms in total. The minimum atomic E-state index is 0.726. The maximum absolute atomic E-state index is 4.72. The van der Waals surface area contributed by atoms with Gasteiger partial charge in [0, 0.05) is 23.0 Å². The van der Waals surface area contributed by atoms with Crippen LogP contribution in [0.5, 0.6) is 0 Å². The lowest BCUT2D eigenvalue weighted by molar-refractivity contribution is 1.06. The van der Waals surface area contributed by atoms with Crippen molar-refractivity contribution in [3.8, 4) is 11.3 Å². The van der Waals surface area contributed by atoms with Crippen LogP contribution >= 0.6 is 11.3 Å². The third kappa shape index (κ3) is 4.45. The molecule has 0 fully saturated rings. The highest BCUT2D eigenvalue weighted by Gasteiger charge is 2.07. The van der Waals surface area contributed by atoms with Crippen molar-refractivity contribution in [3.05, 3.63) is 90.3 Å². The van der Waals surface area contributed by atoms with Crippen molar-refractivity contribution in [2.24, 2.45) is 0 Å². The fourth-order valence-electron chi connectivity index (χ4n) is 3.58. The molecule has 0 radical (unpaired) electrons. The molecule has 2 N–H and O–H groups in total. The van der Waals surface area contributed by atoms with Gasteiger partial charge in [-0.05, 0) is 49.2 Å². The van der Waals surface area contributed by atoms with Crippen LogP contribution < -0.4 is 10.6 Å². The molecule has 0 atom stereocenters. The first-order valence-electron chi connectivity index (χ1n) is 10.6. The van der Waals surface area contributed by atoms with Crippen LogP contribution in [-0.4, -0.2) is 15.0 Å². The number of anilines is 4. The van der Waals surface area contributed by atoms with Crippen LogP contribution in [0, 0.1) is 6.92 Å². The summed E-state index contributed by atoms with van der Waals surface area (Å²) in [6.45, 7) is 4.08. The molecule has 2 aromatic heterocycles. The molecule has 5 rings (SSSR count). The predicted octanol–water partition coefficient (Wildman–Crippen LogP) is 7.11. The zero-order valence-electron chi connectivity index (χ0n) is 18.0. The van der Waals surface area contributed by atoms with Gasteiger partial charge in [0.05, 0.1) is 15.9 Å². The normalized spacial score (nSPS) is 10.9. The highest BCUT2D eigenvalue weighted by molar-refractivity contribution is 7.22. The molecule has 0 amide bonds. The molecule has 0 aliphatic carbocycles. The molecular weight excluding hydrogens is 414 g/mol. The van der Waals surface area contributed by atoms with E-state index < -0.39 is 0 Å². The summed E-state index contributed by atoms with van der Waals surface area (Å²) in [7, 11) is 0. The van der Waals surface area contributed by atoms with E-state index in [1.807, 2.05) is 49.4 Å². The van der Waals surface area contributed by atoms with Gasteiger partial charge in [-0.15, -0.1) is 0 Å². The standard InChI is InChI=1S/C26H23N5S/c1-3-18-12-13-22-24(14-18)32-26(31-22)30-21-11-7-10-20(15-21)29-25-16-23(27-17(2)28-25)19-8-5-4-6-9-19/h4-16H,3H2,1-2H3,(H,30,31)(H,27,28,29). The molecule has 0 saturated heterocycles. The zero-order valence-corrected chi connectivity index (χ0v) is 18.8. The minimum Gasteiger partial charge on any atom is -0.340 e. The van der Waals surface area contributed by atoms with Crippen LogP contribution in [0.15, 0.2) is 78.9 Å². The summed E-state index contributed by atoms with van der Waals surface area (Å²) in [5.41, 5.74) is 6.23. The molecule has 0 aliphatic heterocycles. The summed E-state index contributed by atoms with van der Waals surface area (Å²) < 4.78 is 1.20. The Kier molecular flexibility index (Phi) is 5.52. The fraction of sp³-hybridized carbons (Fsp3) is 0.115. The predicted molar refractivity (Wildman–Crippen MR) is 134 cm³/mol. The van der Waals surface area contributed by atoms with Crippen molar-refractivity contribution in [2.75, 3.05) is 10.6 Å². The third-order valence-corrected chi connectivity index (χ3v) is 6.09. The second kappa shape index (κ2) is 8.77. The van der Waals surface area contributed by atoms with E-state index in [0.717, 1.165) is 51.3 Å². The Bertz CT molecular complexity index is 1380. The molecule has 0 aliphatic rings. The average molecular weight is 438 g/mol. The van der Waals surface area contributed by atoms with Gasteiger partial charge in [-0.3, -0.25) is 0 Å². The van der Waals surface area contributed by atoms with Gasteiger partial charge in [-0.25, -0.2) is 15.0 Å². The van der Waals surface area contributed by atoms with E-state index >= 15 is 0 Å². The van der Waals surface area contributed by atoms with E-state index in [1.54, 1.807) is 11.3 Å². The molecule has 5 aromatic rings. The highest BCUT2D eigenvalue weighted by Crippen LogP contribution is 2.30. The van der Waals surface area contributed by atoms with Gasteiger partial charge in [0.2, 0.25) is 0 Å². The lowest BCUT2D eigenvalue weighted by atomic mass is 10.1. The number of aryl methyl sites for hydroxylation is 2. The molecule has 0 spiro atoms. The van der Waals surface area contributed by atoms with Gasteiger partial charge in [0.15, 0.2) is 5.13 Å².